The molecule has 7 heteroatoms. The fraction of sp³-hybridized carbons (Fsp3) is 0.333. The zero-order valence-electron chi connectivity index (χ0n) is 23.5. The second-order valence-electron chi connectivity index (χ2n) is 10.2. The number of phenols is 1. The normalized spacial score (nSPS) is 16.5. The summed E-state index contributed by atoms with van der Waals surface area (Å²) in [6.07, 6.45) is 3.14. The number of aromatic hydroxyl groups is 1. The molecule has 1 heterocycles. The molecule has 1 fully saturated rings. The first kappa shape index (κ1) is 28.7. The zero-order valence-corrected chi connectivity index (χ0v) is 23.5. The Morgan fingerprint density at radius 1 is 0.925 bits per heavy atom. The van der Waals surface area contributed by atoms with Crippen molar-refractivity contribution < 1.29 is 29.3 Å². The van der Waals surface area contributed by atoms with Crippen LogP contribution in [0.4, 0.5) is 5.69 Å². The molecule has 7 nitrogen and oxygen atoms in total. The number of carbonyl (C=O) groups is 2. The summed E-state index contributed by atoms with van der Waals surface area (Å²) in [6.45, 7) is 9.00. The van der Waals surface area contributed by atoms with Gasteiger partial charge in [-0.3, -0.25) is 14.5 Å². The van der Waals surface area contributed by atoms with E-state index in [0.29, 0.717) is 41.7 Å². The molecule has 1 atom stereocenters. The molecule has 1 aliphatic rings. The highest BCUT2D eigenvalue weighted by atomic mass is 16.5. The van der Waals surface area contributed by atoms with Gasteiger partial charge in [0.25, 0.3) is 11.7 Å². The standard InChI is InChI=1S/C33H37NO6/c1-5-7-8-19-40-26-16-11-23(12-17-26)31(36)29-30(24-13-18-27(35)28(20-24)39-6-2)34(33(38)32(29)37)25-14-9-22(10-15-25)21(3)4/h9-18,20-21,30,35-36H,5-8,19H2,1-4H3/b31-29-. The summed E-state index contributed by atoms with van der Waals surface area (Å²) < 4.78 is 11.4. The number of unbranched alkanes of at least 4 members (excludes halogenated alkanes) is 2. The maximum Gasteiger partial charge on any atom is 0.300 e. The van der Waals surface area contributed by atoms with Gasteiger partial charge in [-0.1, -0.05) is 51.8 Å². The summed E-state index contributed by atoms with van der Waals surface area (Å²) in [7, 11) is 0. The Hall–Kier alpha value is -4.26. The second-order valence-corrected chi connectivity index (χ2v) is 10.2. The molecule has 1 saturated heterocycles. The molecule has 1 aliphatic heterocycles. The molecule has 2 N–H and O–H groups in total. The number of nitrogens with zero attached hydrogens (tertiary/aromatic N) is 1. The van der Waals surface area contributed by atoms with Crippen LogP contribution in [-0.2, 0) is 9.59 Å². The van der Waals surface area contributed by atoms with Crippen molar-refractivity contribution in [2.75, 3.05) is 18.1 Å². The lowest BCUT2D eigenvalue weighted by Crippen LogP contribution is -2.29. The van der Waals surface area contributed by atoms with Gasteiger partial charge in [0.2, 0.25) is 0 Å². The SMILES string of the molecule is CCCCCOc1ccc(/C(O)=C2/C(=O)C(=O)N(c3ccc(C(C)C)cc3)C2c2ccc(O)c(OCC)c2)cc1. The van der Waals surface area contributed by atoms with E-state index >= 15 is 0 Å². The summed E-state index contributed by atoms with van der Waals surface area (Å²) in [6, 6.07) is 18.1. The summed E-state index contributed by atoms with van der Waals surface area (Å²) in [5.74, 6) is -0.691. The van der Waals surface area contributed by atoms with E-state index in [2.05, 4.69) is 20.8 Å². The molecule has 4 rings (SSSR count). The Balaban J connectivity index is 1.79. The number of amides is 1. The molecule has 0 aromatic heterocycles. The molecule has 40 heavy (non-hydrogen) atoms. The highest BCUT2D eigenvalue weighted by Gasteiger charge is 2.47. The fourth-order valence-electron chi connectivity index (χ4n) is 4.81. The molecule has 0 spiro atoms. The van der Waals surface area contributed by atoms with Crippen LogP contribution in [0.2, 0.25) is 0 Å². The van der Waals surface area contributed by atoms with Gasteiger partial charge in [0, 0.05) is 11.3 Å². The Morgan fingerprint density at radius 3 is 2.25 bits per heavy atom. The first-order chi connectivity index (χ1) is 19.3. The minimum Gasteiger partial charge on any atom is -0.507 e. The number of phenolic OH excluding ortho intramolecular Hbond substituents is 1. The van der Waals surface area contributed by atoms with Gasteiger partial charge in [-0.25, -0.2) is 0 Å². The molecule has 0 saturated carbocycles. The van der Waals surface area contributed by atoms with Gasteiger partial charge in [-0.2, -0.15) is 0 Å². The molecule has 0 aliphatic carbocycles. The molecule has 1 unspecified atom stereocenters. The maximum atomic E-state index is 13.5. The van der Waals surface area contributed by atoms with E-state index in [4.69, 9.17) is 9.47 Å². The first-order valence-electron chi connectivity index (χ1n) is 13.9. The lowest BCUT2D eigenvalue weighted by Gasteiger charge is -2.26. The Kier molecular flexibility index (Phi) is 9.15. The number of rotatable bonds is 11. The molecule has 1 amide bonds. The number of ether oxygens (including phenoxy) is 2. The predicted octanol–water partition coefficient (Wildman–Crippen LogP) is 7.11. The van der Waals surface area contributed by atoms with E-state index in [1.165, 1.54) is 11.0 Å². The highest BCUT2D eigenvalue weighted by Crippen LogP contribution is 2.44. The predicted molar refractivity (Wildman–Crippen MR) is 156 cm³/mol. The first-order valence-corrected chi connectivity index (χ1v) is 13.9. The van der Waals surface area contributed by atoms with Gasteiger partial charge in [0.15, 0.2) is 11.5 Å². The molecular weight excluding hydrogens is 506 g/mol. The maximum absolute atomic E-state index is 13.5. The van der Waals surface area contributed by atoms with Crippen molar-refractivity contribution in [2.24, 2.45) is 0 Å². The van der Waals surface area contributed by atoms with Crippen LogP contribution in [0.3, 0.4) is 0 Å². The lowest BCUT2D eigenvalue weighted by molar-refractivity contribution is -0.132. The minimum atomic E-state index is -0.935. The number of carbonyl (C=O) groups excluding carboxylic acids is 2. The number of benzene rings is 3. The number of hydrogen-bond donors (Lipinski definition) is 2. The van der Waals surface area contributed by atoms with Crippen LogP contribution in [0.25, 0.3) is 5.76 Å². The van der Waals surface area contributed by atoms with Crippen LogP contribution in [0.5, 0.6) is 17.2 Å². The summed E-state index contributed by atoms with van der Waals surface area (Å²) in [4.78, 5) is 28.4. The smallest absolute Gasteiger partial charge is 0.300 e. The van der Waals surface area contributed by atoms with Crippen molar-refractivity contribution in [3.8, 4) is 17.2 Å². The molecular formula is C33H37NO6. The number of aliphatic hydroxyl groups is 1. The highest BCUT2D eigenvalue weighted by molar-refractivity contribution is 6.51. The van der Waals surface area contributed by atoms with Crippen molar-refractivity contribution in [2.45, 2.75) is 58.9 Å². The minimum absolute atomic E-state index is 0.0392. The Bertz CT molecular complexity index is 1380. The van der Waals surface area contributed by atoms with Crippen LogP contribution < -0.4 is 14.4 Å². The van der Waals surface area contributed by atoms with Crippen LogP contribution >= 0.6 is 0 Å². The third-order valence-corrected chi connectivity index (χ3v) is 7.03. The van der Waals surface area contributed by atoms with E-state index in [0.717, 1.165) is 24.8 Å². The average molecular weight is 544 g/mol. The van der Waals surface area contributed by atoms with Crippen molar-refractivity contribution in [3.05, 3.63) is 89.0 Å². The summed E-state index contributed by atoms with van der Waals surface area (Å²) in [5, 5.41) is 21.7. The molecule has 3 aromatic carbocycles. The molecule has 0 radical (unpaired) electrons. The molecule has 210 valence electrons. The number of aliphatic hydroxyl groups excluding tert-OH is 1. The monoisotopic (exact) mass is 543 g/mol. The molecule has 3 aromatic rings. The Labute approximate surface area is 235 Å². The topological polar surface area (TPSA) is 96.3 Å². The quantitative estimate of drug-likeness (QED) is 0.116. The van der Waals surface area contributed by atoms with Gasteiger partial charge in [0.1, 0.15) is 11.5 Å². The van der Waals surface area contributed by atoms with Crippen LogP contribution in [0, 0.1) is 0 Å². The van der Waals surface area contributed by atoms with Gasteiger partial charge in [0.05, 0.1) is 24.8 Å². The van der Waals surface area contributed by atoms with E-state index in [-0.39, 0.29) is 22.8 Å². The van der Waals surface area contributed by atoms with Crippen molar-refractivity contribution in [1.29, 1.82) is 0 Å². The van der Waals surface area contributed by atoms with Crippen molar-refractivity contribution in [1.82, 2.24) is 0 Å². The molecule has 0 bridgehead atoms. The summed E-state index contributed by atoms with van der Waals surface area (Å²) >= 11 is 0. The number of Topliss-reactive ketones (excluding diaryl/α,β-unsaturated/α-hetero) is 1. The lowest BCUT2D eigenvalue weighted by atomic mass is 9.94. The van der Waals surface area contributed by atoms with E-state index in [1.807, 2.05) is 24.3 Å². The van der Waals surface area contributed by atoms with Gasteiger partial charge in [-0.05, 0) is 78.9 Å². The van der Waals surface area contributed by atoms with Crippen molar-refractivity contribution in [3.63, 3.8) is 0 Å². The third-order valence-electron chi connectivity index (χ3n) is 7.03. The zero-order chi connectivity index (χ0) is 28.8. The number of hydrogen-bond acceptors (Lipinski definition) is 6. The van der Waals surface area contributed by atoms with E-state index in [9.17, 15) is 19.8 Å². The van der Waals surface area contributed by atoms with Gasteiger partial charge < -0.3 is 19.7 Å². The van der Waals surface area contributed by atoms with E-state index < -0.39 is 17.7 Å². The number of anilines is 1. The van der Waals surface area contributed by atoms with Gasteiger partial charge >= 0.3 is 0 Å². The van der Waals surface area contributed by atoms with Crippen molar-refractivity contribution >= 4 is 23.1 Å². The summed E-state index contributed by atoms with van der Waals surface area (Å²) in [5.41, 5.74) is 2.49. The second kappa shape index (κ2) is 12.7. The average Bonchev–Trinajstić information content (AvgIpc) is 3.22. The van der Waals surface area contributed by atoms with E-state index in [1.54, 1.807) is 43.3 Å². The number of ketones is 1. The van der Waals surface area contributed by atoms with Crippen LogP contribution in [-0.4, -0.2) is 35.1 Å². The largest absolute Gasteiger partial charge is 0.507 e. The van der Waals surface area contributed by atoms with Crippen LogP contribution in [0.1, 0.15) is 75.6 Å². The van der Waals surface area contributed by atoms with Crippen LogP contribution in [0.15, 0.2) is 72.3 Å². The fourth-order valence-corrected chi connectivity index (χ4v) is 4.81. The third kappa shape index (κ3) is 5.98. The Morgan fingerprint density at radius 2 is 1.62 bits per heavy atom. The van der Waals surface area contributed by atoms with Gasteiger partial charge in [-0.15, -0.1) is 0 Å².